The molecule has 0 spiro atoms. The zero-order valence-corrected chi connectivity index (χ0v) is 12.8. The molecule has 112 valence electrons. The Labute approximate surface area is 130 Å². The number of amides is 1. The van der Waals surface area contributed by atoms with E-state index in [0.29, 0.717) is 18.4 Å². The second-order valence-corrected chi connectivity index (χ2v) is 6.91. The van der Waals surface area contributed by atoms with Crippen LogP contribution in [0.2, 0.25) is 5.02 Å². The summed E-state index contributed by atoms with van der Waals surface area (Å²) < 4.78 is 6.32. The van der Waals surface area contributed by atoms with E-state index in [0.717, 1.165) is 30.0 Å². The van der Waals surface area contributed by atoms with E-state index in [2.05, 4.69) is 4.90 Å². The van der Waals surface area contributed by atoms with E-state index in [9.17, 15) is 4.79 Å². The first-order chi connectivity index (χ1) is 10.2. The lowest BCUT2D eigenvalue weighted by Gasteiger charge is -2.52. The number of hydrogen-bond donors (Lipinski definition) is 0. The van der Waals surface area contributed by atoms with Crippen molar-refractivity contribution in [1.82, 2.24) is 4.90 Å². The average molecular weight is 306 g/mol. The van der Waals surface area contributed by atoms with Gasteiger partial charge in [0.25, 0.3) is 0 Å². The smallest absolute Gasteiger partial charge is 0.225 e. The van der Waals surface area contributed by atoms with Gasteiger partial charge in [-0.15, -0.1) is 0 Å². The number of benzene rings is 1. The largest absolute Gasteiger partial charge is 0.351 e. The average Bonchev–Trinajstić information content (AvgIpc) is 2.87. The number of nitrogens with zero attached hydrogens (tertiary/aromatic N) is 1. The molecule has 0 N–H and O–H groups in total. The van der Waals surface area contributed by atoms with E-state index in [4.69, 9.17) is 16.3 Å². The van der Waals surface area contributed by atoms with Crippen molar-refractivity contribution in [3.63, 3.8) is 0 Å². The summed E-state index contributed by atoms with van der Waals surface area (Å²) in [7, 11) is 0. The molecule has 2 heterocycles. The molecule has 1 saturated carbocycles. The van der Waals surface area contributed by atoms with Crippen molar-refractivity contribution in [2.24, 2.45) is 5.92 Å². The lowest BCUT2D eigenvalue weighted by atomic mass is 9.81. The molecular weight excluding hydrogens is 286 g/mol. The topological polar surface area (TPSA) is 29.5 Å². The van der Waals surface area contributed by atoms with Gasteiger partial charge in [-0.2, -0.15) is 0 Å². The van der Waals surface area contributed by atoms with Gasteiger partial charge in [0.1, 0.15) is 0 Å². The second-order valence-electron chi connectivity index (χ2n) is 6.48. The van der Waals surface area contributed by atoms with Gasteiger partial charge >= 0.3 is 0 Å². The first-order valence-corrected chi connectivity index (χ1v) is 8.31. The Balaban J connectivity index is 1.76. The molecule has 1 aliphatic carbocycles. The van der Waals surface area contributed by atoms with E-state index in [-0.39, 0.29) is 5.91 Å². The quantitative estimate of drug-likeness (QED) is 0.791. The van der Waals surface area contributed by atoms with E-state index >= 15 is 0 Å². The Kier molecular flexibility index (Phi) is 3.23. The van der Waals surface area contributed by atoms with Crippen LogP contribution < -0.4 is 0 Å². The van der Waals surface area contributed by atoms with Crippen molar-refractivity contribution in [3.05, 3.63) is 34.9 Å². The Hall–Kier alpha value is -1.06. The zero-order chi connectivity index (χ0) is 14.4. The van der Waals surface area contributed by atoms with Crippen molar-refractivity contribution in [2.45, 2.75) is 50.3 Å². The van der Waals surface area contributed by atoms with Crippen molar-refractivity contribution in [2.75, 3.05) is 6.61 Å². The molecule has 2 aliphatic heterocycles. The van der Waals surface area contributed by atoms with E-state index in [1.54, 1.807) is 0 Å². The molecule has 21 heavy (non-hydrogen) atoms. The summed E-state index contributed by atoms with van der Waals surface area (Å²) in [6.07, 6.45) is 6.14. The molecule has 0 bridgehead atoms. The molecule has 4 rings (SSSR count). The molecule has 3 fully saturated rings. The third-order valence-electron chi connectivity index (χ3n) is 5.37. The number of rotatable bonds is 1. The Bertz CT molecular complexity index is 558. The van der Waals surface area contributed by atoms with Crippen LogP contribution in [-0.2, 0) is 15.3 Å². The maximum Gasteiger partial charge on any atom is 0.225 e. The fourth-order valence-electron chi connectivity index (χ4n) is 4.36. The van der Waals surface area contributed by atoms with E-state index in [1.807, 2.05) is 24.3 Å². The number of hydrogen-bond acceptors (Lipinski definition) is 2. The van der Waals surface area contributed by atoms with Gasteiger partial charge < -0.3 is 9.64 Å². The van der Waals surface area contributed by atoms with Crippen LogP contribution in [0.5, 0.6) is 0 Å². The standard InChI is InChI=1S/C17H20ClNO2/c18-14-7-5-13(6-8-14)17-10-9-16(20)19(17)15-4-2-1-3-12(15)11-21-17/h5-8,12,15H,1-4,9-11H2/t12-,15+,17-/m1/s1. The highest BCUT2D eigenvalue weighted by Crippen LogP contribution is 2.49. The number of ether oxygens (including phenoxy) is 1. The summed E-state index contributed by atoms with van der Waals surface area (Å²) in [5, 5.41) is 0.720. The van der Waals surface area contributed by atoms with Crippen LogP contribution in [-0.4, -0.2) is 23.5 Å². The SMILES string of the molecule is O=C1CC[C@]2(c3ccc(Cl)cc3)OC[C@H]3CCCC[C@@H]3N12. The molecule has 0 unspecified atom stereocenters. The van der Waals surface area contributed by atoms with Crippen molar-refractivity contribution in [3.8, 4) is 0 Å². The number of fused-ring (bicyclic) bond motifs is 3. The molecule has 0 aromatic heterocycles. The van der Waals surface area contributed by atoms with Gasteiger partial charge in [0, 0.05) is 35.4 Å². The molecular formula is C17H20ClNO2. The number of carbonyl (C=O) groups is 1. The highest BCUT2D eigenvalue weighted by atomic mass is 35.5. The van der Waals surface area contributed by atoms with Crippen molar-refractivity contribution >= 4 is 17.5 Å². The fraction of sp³-hybridized carbons (Fsp3) is 0.588. The molecule has 1 aromatic carbocycles. The second kappa shape index (κ2) is 4.99. The fourth-order valence-corrected chi connectivity index (χ4v) is 4.48. The third kappa shape index (κ3) is 2.01. The molecule has 2 saturated heterocycles. The number of carbonyl (C=O) groups excluding carboxylic acids is 1. The maximum atomic E-state index is 12.5. The van der Waals surface area contributed by atoms with E-state index in [1.165, 1.54) is 19.3 Å². The van der Waals surface area contributed by atoms with E-state index < -0.39 is 5.72 Å². The van der Waals surface area contributed by atoms with Gasteiger partial charge in [-0.25, -0.2) is 0 Å². The Morgan fingerprint density at radius 1 is 1.19 bits per heavy atom. The minimum absolute atomic E-state index is 0.251. The molecule has 0 radical (unpaired) electrons. The molecule has 3 aliphatic rings. The highest BCUT2D eigenvalue weighted by molar-refractivity contribution is 6.30. The highest BCUT2D eigenvalue weighted by Gasteiger charge is 2.55. The van der Waals surface area contributed by atoms with Gasteiger partial charge in [-0.05, 0) is 25.0 Å². The molecule has 4 heteroatoms. The maximum absolute atomic E-state index is 12.5. The minimum atomic E-state index is -0.541. The Morgan fingerprint density at radius 3 is 2.76 bits per heavy atom. The van der Waals surface area contributed by atoms with Crippen LogP contribution >= 0.6 is 11.6 Å². The van der Waals surface area contributed by atoms with Gasteiger partial charge in [0.05, 0.1) is 6.61 Å². The summed E-state index contributed by atoms with van der Waals surface area (Å²) >= 11 is 6.01. The first-order valence-electron chi connectivity index (χ1n) is 7.93. The van der Waals surface area contributed by atoms with Crippen LogP contribution in [0, 0.1) is 5.92 Å². The summed E-state index contributed by atoms with van der Waals surface area (Å²) in [5.41, 5.74) is 0.530. The van der Waals surface area contributed by atoms with Crippen molar-refractivity contribution in [1.29, 1.82) is 0 Å². The lowest BCUT2D eigenvalue weighted by molar-refractivity contribution is -0.221. The minimum Gasteiger partial charge on any atom is -0.351 e. The monoisotopic (exact) mass is 305 g/mol. The summed E-state index contributed by atoms with van der Waals surface area (Å²) in [4.78, 5) is 14.6. The summed E-state index contributed by atoms with van der Waals surface area (Å²) in [5.74, 6) is 0.766. The van der Waals surface area contributed by atoms with Crippen LogP contribution in [0.3, 0.4) is 0 Å². The predicted molar refractivity (Wildman–Crippen MR) is 80.9 cm³/mol. The number of halogens is 1. The van der Waals surface area contributed by atoms with Crippen LogP contribution in [0.25, 0.3) is 0 Å². The summed E-state index contributed by atoms with van der Waals surface area (Å²) in [6, 6.07) is 8.17. The molecule has 1 amide bonds. The van der Waals surface area contributed by atoms with Crippen LogP contribution in [0.4, 0.5) is 0 Å². The molecule has 3 nitrogen and oxygen atoms in total. The molecule has 3 atom stereocenters. The van der Waals surface area contributed by atoms with Crippen molar-refractivity contribution < 1.29 is 9.53 Å². The van der Waals surface area contributed by atoms with Crippen LogP contribution in [0.15, 0.2) is 24.3 Å². The van der Waals surface area contributed by atoms with Gasteiger partial charge in [0.2, 0.25) is 5.91 Å². The normalized spacial score (nSPS) is 35.5. The van der Waals surface area contributed by atoms with Crippen LogP contribution in [0.1, 0.15) is 44.1 Å². The third-order valence-corrected chi connectivity index (χ3v) is 5.62. The van der Waals surface area contributed by atoms with Gasteiger partial charge in [-0.1, -0.05) is 36.6 Å². The van der Waals surface area contributed by atoms with Gasteiger partial charge in [-0.3, -0.25) is 4.79 Å². The van der Waals surface area contributed by atoms with Gasteiger partial charge in [0.15, 0.2) is 5.72 Å². The predicted octanol–water partition coefficient (Wildman–Crippen LogP) is 3.70. The zero-order valence-electron chi connectivity index (χ0n) is 12.1. The summed E-state index contributed by atoms with van der Waals surface area (Å²) in [6.45, 7) is 0.775. The lowest BCUT2D eigenvalue weighted by Crippen LogP contribution is -2.59. The Morgan fingerprint density at radius 2 is 1.95 bits per heavy atom. The molecule has 1 aromatic rings. The first kappa shape index (κ1) is 13.6.